The number of rotatable bonds is 3. The highest BCUT2D eigenvalue weighted by Crippen LogP contribution is 2.66. The molecule has 0 N–H and O–H groups in total. The monoisotopic (exact) mass is 236 g/mol. The number of hydrogen-bond acceptors (Lipinski definition) is 0. The molecule has 1 saturated carbocycles. The smallest absolute Gasteiger partial charge is 0.0671 e. The van der Waals surface area contributed by atoms with Crippen LogP contribution in [0.2, 0.25) is 10.6 Å². The summed E-state index contributed by atoms with van der Waals surface area (Å²) < 4.78 is 0. The summed E-state index contributed by atoms with van der Waals surface area (Å²) in [5, 5.41) is 0.980. The van der Waals surface area contributed by atoms with E-state index in [1.807, 2.05) is 0 Å². The molecule has 1 fully saturated rings. The second kappa shape index (κ2) is 4.63. The van der Waals surface area contributed by atoms with E-state index in [0.29, 0.717) is 16.0 Å². The van der Waals surface area contributed by atoms with Gasteiger partial charge in [0, 0.05) is 0 Å². The third kappa shape index (κ3) is 2.58. The van der Waals surface area contributed by atoms with Crippen molar-refractivity contribution in [2.45, 2.75) is 85.3 Å². The molecule has 100 valence electrons. The third-order valence-corrected chi connectivity index (χ3v) is 5.81. The molecule has 0 nitrogen and oxygen atoms in total. The Morgan fingerprint density at radius 2 is 1.76 bits per heavy atom. The topological polar surface area (TPSA) is 0 Å². The van der Waals surface area contributed by atoms with Crippen LogP contribution < -0.4 is 0 Å². The molecule has 0 aliphatic heterocycles. The van der Waals surface area contributed by atoms with E-state index in [2.05, 4.69) is 55.4 Å². The van der Waals surface area contributed by atoms with Crippen molar-refractivity contribution in [3.05, 3.63) is 0 Å². The lowest BCUT2D eigenvalue weighted by molar-refractivity contribution is 0.102. The van der Waals surface area contributed by atoms with Crippen LogP contribution in [-0.4, -0.2) is 7.28 Å². The molecule has 0 bridgehead atoms. The molecule has 1 aliphatic rings. The lowest BCUT2D eigenvalue weighted by Crippen LogP contribution is -2.42. The van der Waals surface area contributed by atoms with Crippen LogP contribution in [0.1, 0.15) is 74.7 Å². The molecule has 3 unspecified atom stereocenters. The highest BCUT2D eigenvalue weighted by atomic mass is 14.6. The van der Waals surface area contributed by atoms with Gasteiger partial charge in [0.05, 0.1) is 0 Å². The van der Waals surface area contributed by atoms with Gasteiger partial charge in [0.25, 0.3) is 0 Å². The zero-order valence-corrected chi connectivity index (χ0v) is 13.5. The van der Waals surface area contributed by atoms with Gasteiger partial charge in [-0.25, -0.2) is 0 Å². The van der Waals surface area contributed by atoms with E-state index < -0.39 is 0 Å². The van der Waals surface area contributed by atoms with Crippen LogP contribution in [0.15, 0.2) is 0 Å². The molecule has 3 atom stereocenters. The second-order valence-corrected chi connectivity index (χ2v) is 8.38. The zero-order valence-electron chi connectivity index (χ0n) is 13.5. The molecule has 0 aromatic carbocycles. The van der Waals surface area contributed by atoms with Gasteiger partial charge in [0.15, 0.2) is 0 Å². The quantitative estimate of drug-likeness (QED) is 0.583. The molecule has 0 spiro atoms. The van der Waals surface area contributed by atoms with Crippen molar-refractivity contribution in [2.24, 2.45) is 17.3 Å². The lowest BCUT2D eigenvalue weighted by Gasteiger charge is -2.50. The fraction of sp³-hybridized carbons (Fsp3) is 1.00. The van der Waals surface area contributed by atoms with Crippen LogP contribution in [0.4, 0.5) is 0 Å². The van der Waals surface area contributed by atoms with Crippen molar-refractivity contribution in [2.75, 3.05) is 0 Å². The van der Waals surface area contributed by atoms with Crippen molar-refractivity contribution < 1.29 is 0 Å². The van der Waals surface area contributed by atoms with Crippen LogP contribution in [0.5, 0.6) is 0 Å². The maximum Gasteiger partial charge on any atom is 0.134 e. The van der Waals surface area contributed by atoms with Crippen molar-refractivity contribution >= 4 is 7.28 Å². The van der Waals surface area contributed by atoms with E-state index in [9.17, 15) is 0 Å². The first kappa shape index (κ1) is 15.1. The van der Waals surface area contributed by atoms with Gasteiger partial charge >= 0.3 is 0 Å². The SMILES string of the molecule is CCC1CCC(C)(BC(C)(C)C)C1(C)C(C)C. The minimum Gasteiger partial charge on any atom is -0.0671 e. The predicted molar refractivity (Wildman–Crippen MR) is 81.2 cm³/mol. The molecular formula is C16H33B. The van der Waals surface area contributed by atoms with Crippen molar-refractivity contribution in [1.82, 2.24) is 0 Å². The van der Waals surface area contributed by atoms with E-state index in [1.54, 1.807) is 0 Å². The summed E-state index contributed by atoms with van der Waals surface area (Å²) >= 11 is 0. The summed E-state index contributed by atoms with van der Waals surface area (Å²) in [6.07, 6.45) is 4.23. The average Bonchev–Trinajstić information content (AvgIpc) is 2.37. The molecule has 17 heavy (non-hydrogen) atoms. The predicted octanol–water partition coefficient (Wildman–Crippen LogP) is 5.30. The fourth-order valence-electron chi connectivity index (χ4n) is 4.80. The highest BCUT2D eigenvalue weighted by molar-refractivity contribution is 6.44. The summed E-state index contributed by atoms with van der Waals surface area (Å²) in [4.78, 5) is 0. The van der Waals surface area contributed by atoms with Crippen molar-refractivity contribution in [1.29, 1.82) is 0 Å². The summed E-state index contributed by atoms with van der Waals surface area (Å²) in [6, 6.07) is 0. The van der Waals surface area contributed by atoms with E-state index in [4.69, 9.17) is 0 Å². The molecular weight excluding hydrogens is 203 g/mol. The molecule has 1 rings (SSSR count). The molecule has 1 heteroatoms. The van der Waals surface area contributed by atoms with E-state index >= 15 is 0 Å². The molecule has 0 aromatic rings. The van der Waals surface area contributed by atoms with Crippen LogP contribution >= 0.6 is 0 Å². The molecule has 0 radical (unpaired) electrons. The first-order valence-electron chi connectivity index (χ1n) is 7.57. The molecule has 0 saturated heterocycles. The summed E-state index contributed by atoms with van der Waals surface area (Å²) in [6.45, 7) is 19.6. The van der Waals surface area contributed by atoms with Gasteiger partial charge in [0.1, 0.15) is 7.28 Å². The lowest BCUT2D eigenvalue weighted by atomic mass is 9.33. The molecule has 1 aliphatic carbocycles. The van der Waals surface area contributed by atoms with E-state index in [-0.39, 0.29) is 0 Å². The Balaban J connectivity index is 3.07. The van der Waals surface area contributed by atoms with Crippen LogP contribution in [-0.2, 0) is 0 Å². The van der Waals surface area contributed by atoms with Crippen LogP contribution in [0, 0.1) is 17.3 Å². The highest BCUT2D eigenvalue weighted by Gasteiger charge is 2.55. The first-order chi connectivity index (χ1) is 7.57. The summed E-state index contributed by atoms with van der Waals surface area (Å²) in [5.41, 5.74) is 0.523. The van der Waals surface area contributed by atoms with Gasteiger partial charge in [-0.2, -0.15) is 0 Å². The molecule has 0 aromatic heterocycles. The fourth-order valence-corrected chi connectivity index (χ4v) is 4.80. The average molecular weight is 236 g/mol. The van der Waals surface area contributed by atoms with Crippen molar-refractivity contribution in [3.63, 3.8) is 0 Å². The van der Waals surface area contributed by atoms with Gasteiger partial charge < -0.3 is 0 Å². The Hall–Kier alpha value is 0.0649. The van der Waals surface area contributed by atoms with Gasteiger partial charge in [-0.3, -0.25) is 0 Å². The number of hydrogen-bond donors (Lipinski definition) is 0. The normalized spacial score (nSPS) is 38.8. The Morgan fingerprint density at radius 3 is 2.12 bits per heavy atom. The Labute approximate surface area is 110 Å². The second-order valence-electron chi connectivity index (χ2n) is 8.38. The van der Waals surface area contributed by atoms with E-state index in [0.717, 1.165) is 11.8 Å². The Morgan fingerprint density at radius 1 is 1.24 bits per heavy atom. The maximum absolute atomic E-state index is 2.57. The van der Waals surface area contributed by atoms with Gasteiger partial charge in [-0.05, 0) is 17.3 Å². The largest absolute Gasteiger partial charge is 0.134 e. The minimum absolute atomic E-state index is 0.452. The van der Waals surface area contributed by atoms with Crippen LogP contribution in [0.25, 0.3) is 0 Å². The maximum atomic E-state index is 2.57. The molecule has 0 amide bonds. The van der Waals surface area contributed by atoms with Crippen molar-refractivity contribution in [3.8, 4) is 0 Å². The minimum atomic E-state index is 0.452. The van der Waals surface area contributed by atoms with Gasteiger partial charge in [-0.15, -0.1) is 0 Å². The summed E-state index contributed by atoms with van der Waals surface area (Å²) in [5.74, 6) is 1.72. The van der Waals surface area contributed by atoms with Crippen LogP contribution in [0.3, 0.4) is 0 Å². The van der Waals surface area contributed by atoms with E-state index in [1.165, 1.54) is 26.5 Å². The summed E-state index contributed by atoms with van der Waals surface area (Å²) in [7, 11) is 1.37. The first-order valence-corrected chi connectivity index (χ1v) is 7.57. The van der Waals surface area contributed by atoms with Gasteiger partial charge in [0.2, 0.25) is 0 Å². The third-order valence-electron chi connectivity index (χ3n) is 5.81. The standard InChI is InChI=1S/C16H33B/c1-9-13-10-11-15(7,17-14(4,5)6)16(13,8)12(2)3/h12-13,17H,9-11H2,1-8H3. The molecule has 0 heterocycles. The van der Waals surface area contributed by atoms with Gasteiger partial charge in [-0.1, -0.05) is 85.3 Å². The Kier molecular flexibility index (Phi) is 4.12. The Bertz CT molecular complexity index is 263. The zero-order chi connectivity index (χ0) is 13.5.